The lowest BCUT2D eigenvalue weighted by Crippen LogP contribution is -2.44. The number of anilines is 1. The van der Waals surface area contributed by atoms with Crippen molar-refractivity contribution in [2.45, 2.75) is 51.4 Å². The largest absolute Gasteiger partial charge is 0.487 e. The average Bonchev–Trinajstić information content (AvgIpc) is 2.60. The second-order valence-corrected chi connectivity index (χ2v) is 7.93. The molecule has 0 bridgehead atoms. The van der Waals surface area contributed by atoms with Crippen LogP contribution in [0.25, 0.3) is 0 Å². The number of amides is 1. The van der Waals surface area contributed by atoms with E-state index in [1.807, 2.05) is 20.8 Å². The second-order valence-electron chi connectivity index (χ2n) is 7.62. The molecule has 1 saturated heterocycles. The minimum atomic E-state index is -0.694. The molecule has 1 unspecified atom stereocenters. The van der Waals surface area contributed by atoms with E-state index in [1.54, 1.807) is 17.0 Å². The first-order chi connectivity index (χ1) is 12.7. The quantitative estimate of drug-likeness (QED) is 0.711. The first-order valence-corrected chi connectivity index (χ1v) is 9.63. The summed E-state index contributed by atoms with van der Waals surface area (Å²) in [7, 11) is 0. The minimum absolute atomic E-state index is 0.110. The van der Waals surface area contributed by atoms with Crippen molar-refractivity contribution in [3.05, 3.63) is 24.0 Å². The lowest BCUT2D eigenvalue weighted by Gasteiger charge is -2.33. The Bertz CT molecular complexity index is 631. The molecule has 1 aromatic carbocycles. The lowest BCUT2D eigenvalue weighted by molar-refractivity contribution is 0.0123. The lowest BCUT2D eigenvalue weighted by atomic mass is 10.1. The van der Waals surface area contributed by atoms with E-state index in [0.717, 1.165) is 0 Å². The van der Waals surface area contributed by atoms with Gasteiger partial charge in [0.25, 0.3) is 0 Å². The van der Waals surface area contributed by atoms with Crippen LogP contribution in [0.15, 0.2) is 18.2 Å². The van der Waals surface area contributed by atoms with Crippen LogP contribution in [0.4, 0.5) is 14.9 Å². The predicted octanol–water partition coefficient (Wildman–Crippen LogP) is 3.62. The Morgan fingerprint density at radius 3 is 2.63 bits per heavy atom. The molecule has 1 aliphatic rings. The van der Waals surface area contributed by atoms with E-state index in [0.29, 0.717) is 31.6 Å². The maximum absolute atomic E-state index is 14.3. The van der Waals surface area contributed by atoms with E-state index in [1.165, 1.54) is 6.07 Å². The van der Waals surface area contributed by atoms with Gasteiger partial charge >= 0.3 is 6.09 Å². The monoisotopic (exact) mass is 402 g/mol. The van der Waals surface area contributed by atoms with Gasteiger partial charge in [0.05, 0.1) is 12.0 Å². The summed E-state index contributed by atoms with van der Waals surface area (Å²) in [6.07, 6.45) is 0.0406. The van der Waals surface area contributed by atoms with Crippen molar-refractivity contribution < 1.29 is 23.8 Å². The molecule has 1 fully saturated rings. The number of hydrogen-bond acceptors (Lipinski definition) is 5. The van der Waals surface area contributed by atoms with Crippen molar-refractivity contribution in [3.8, 4) is 5.75 Å². The van der Waals surface area contributed by atoms with Gasteiger partial charge in [-0.25, -0.2) is 9.18 Å². The Balaban J connectivity index is 1.83. The van der Waals surface area contributed by atoms with Crippen LogP contribution in [0.3, 0.4) is 0 Å². The van der Waals surface area contributed by atoms with Crippen molar-refractivity contribution in [3.63, 3.8) is 0 Å². The minimum Gasteiger partial charge on any atom is -0.487 e. The number of carbonyl (C=O) groups is 1. The number of hydrogen-bond donors (Lipinski definition) is 2. The Labute approximate surface area is 164 Å². The highest BCUT2D eigenvalue weighted by molar-refractivity contribution is 6.18. The number of alkyl halides is 1. The summed E-state index contributed by atoms with van der Waals surface area (Å²) < 4.78 is 25.4. The van der Waals surface area contributed by atoms with Gasteiger partial charge in [0, 0.05) is 44.2 Å². The van der Waals surface area contributed by atoms with Gasteiger partial charge in [0.15, 0.2) is 11.6 Å². The van der Waals surface area contributed by atoms with E-state index in [-0.39, 0.29) is 30.4 Å². The highest BCUT2D eigenvalue weighted by atomic mass is 35.5. The summed E-state index contributed by atoms with van der Waals surface area (Å²) in [6.45, 7) is 6.76. The van der Waals surface area contributed by atoms with Gasteiger partial charge in [-0.2, -0.15) is 0 Å². The van der Waals surface area contributed by atoms with Gasteiger partial charge in [0.2, 0.25) is 0 Å². The Kier molecular flexibility index (Phi) is 7.56. The van der Waals surface area contributed by atoms with Crippen LogP contribution in [0.5, 0.6) is 5.75 Å². The highest BCUT2D eigenvalue weighted by Crippen LogP contribution is 2.25. The molecule has 0 radical (unpaired) electrons. The number of aliphatic hydroxyl groups excluding tert-OH is 1. The number of piperidine rings is 1. The van der Waals surface area contributed by atoms with Crippen LogP contribution < -0.4 is 10.1 Å². The normalized spacial score (nSPS) is 16.7. The average molecular weight is 403 g/mol. The molecular formula is C19H28ClFN2O4. The molecule has 2 rings (SSSR count). The zero-order chi connectivity index (χ0) is 20.0. The molecular weight excluding hydrogens is 375 g/mol. The topological polar surface area (TPSA) is 71.0 Å². The third-order valence-corrected chi connectivity index (χ3v) is 4.40. The van der Waals surface area contributed by atoms with E-state index in [2.05, 4.69) is 5.32 Å². The third kappa shape index (κ3) is 7.07. The molecule has 0 aliphatic carbocycles. The highest BCUT2D eigenvalue weighted by Gasteiger charge is 2.28. The molecule has 0 spiro atoms. The molecule has 2 N–H and O–H groups in total. The van der Waals surface area contributed by atoms with Crippen LogP contribution in [0.2, 0.25) is 0 Å². The van der Waals surface area contributed by atoms with Crippen LogP contribution in [0.1, 0.15) is 33.6 Å². The van der Waals surface area contributed by atoms with E-state index in [9.17, 15) is 14.3 Å². The molecule has 1 atom stereocenters. The fourth-order valence-electron chi connectivity index (χ4n) is 2.66. The zero-order valence-electron chi connectivity index (χ0n) is 16.0. The molecule has 0 saturated carbocycles. The summed E-state index contributed by atoms with van der Waals surface area (Å²) in [4.78, 5) is 13.7. The van der Waals surface area contributed by atoms with Crippen molar-refractivity contribution in [2.75, 3.05) is 30.8 Å². The van der Waals surface area contributed by atoms with Gasteiger partial charge in [-0.15, -0.1) is 11.6 Å². The second kappa shape index (κ2) is 9.46. The fraction of sp³-hybridized carbons (Fsp3) is 0.632. The third-order valence-electron chi connectivity index (χ3n) is 4.04. The smallest absolute Gasteiger partial charge is 0.410 e. The van der Waals surface area contributed by atoms with E-state index < -0.39 is 17.5 Å². The standard InChI is InChI=1S/C19H28ClFN2O4/c1-19(2,3)27-18(25)23-8-6-15(7-9-23)26-17-5-4-13(10-16(17)21)22-12-14(24)11-20/h4-5,10,14-15,22,24H,6-9,11-12H2,1-3H3. The predicted molar refractivity (Wildman–Crippen MR) is 103 cm³/mol. The van der Waals surface area contributed by atoms with Gasteiger partial charge < -0.3 is 24.8 Å². The Hall–Kier alpha value is -1.73. The van der Waals surface area contributed by atoms with Gasteiger partial charge in [-0.3, -0.25) is 0 Å². The maximum Gasteiger partial charge on any atom is 0.410 e. The fourth-order valence-corrected chi connectivity index (χ4v) is 2.77. The molecule has 6 nitrogen and oxygen atoms in total. The number of benzene rings is 1. The first kappa shape index (κ1) is 21.6. The van der Waals surface area contributed by atoms with Crippen molar-refractivity contribution in [2.24, 2.45) is 0 Å². The van der Waals surface area contributed by atoms with Gasteiger partial charge in [0.1, 0.15) is 11.7 Å². The number of nitrogens with one attached hydrogen (secondary N) is 1. The van der Waals surface area contributed by atoms with Crippen molar-refractivity contribution in [1.82, 2.24) is 4.90 Å². The Morgan fingerprint density at radius 1 is 1.41 bits per heavy atom. The molecule has 1 amide bonds. The maximum atomic E-state index is 14.3. The van der Waals surface area contributed by atoms with Crippen molar-refractivity contribution >= 4 is 23.4 Å². The number of halogens is 2. The Morgan fingerprint density at radius 2 is 2.07 bits per heavy atom. The molecule has 8 heteroatoms. The summed E-state index contributed by atoms with van der Waals surface area (Å²) >= 11 is 5.53. The van der Waals surface area contributed by atoms with E-state index >= 15 is 0 Å². The van der Waals surface area contributed by atoms with Crippen LogP contribution in [-0.4, -0.2) is 59.4 Å². The van der Waals surface area contributed by atoms with Crippen LogP contribution in [0, 0.1) is 5.82 Å². The van der Waals surface area contributed by atoms with E-state index in [4.69, 9.17) is 21.1 Å². The van der Waals surface area contributed by atoms with Crippen LogP contribution >= 0.6 is 11.6 Å². The zero-order valence-corrected chi connectivity index (χ0v) is 16.8. The molecule has 27 heavy (non-hydrogen) atoms. The summed E-state index contributed by atoms with van der Waals surface area (Å²) in [5, 5.41) is 12.3. The number of likely N-dealkylation sites (tertiary alicyclic amines) is 1. The summed E-state index contributed by atoms with van der Waals surface area (Å²) in [6, 6.07) is 4.58. The number of carbonyl (C=O) groups excluding carboxylic acids is 1. The number of ether oxygens (including phenoxy) is 2. The first-order valence-electron chi connectivity index (χ1n) is 9.10. The van der Waals surface area contributed by atoms with Crippen molar-refractivity contribution in [1.29, 1.82) is 0 Å². The molecule has 0 aromatic heterocycles. The molecule has 152 valence electrons. The van der Waals surface area contributed by atoms with Gasteiger partial charge in [-0.1, -0.05) is 0 Å². The summed E-state index contributed by atoms with van der Waals surface area (Å²) in [5.74, 6) is -0.192. The van der Waals surface area contributed by atoms with Gasteiger partial charge in [-0.05, 0) is 32.9 Å². The summed E-state index contributed by atoms with van der Waals surface area (Å²) in [5.41, 5.74) is 0.0205. The van der Waals surface area contributed by atoms with Crippen LogP contribution in [-0.2, 0) is 4.74 Å². The molecule has 1 aliphatic heterocycles. The number of nitrogens with zero attached hydrogens (tertiary/aromatic N) is 1. The molecule has 1 aromatic rings. The SMILES string of the molecule is CC(C)(C)OC(=O)N1CCC(Oc2ccc(NCC(O)CCl)cc2F)CC1. The number of aliphatic hydroxyl groups is 1. The molecule has 1 heterocycles. The number of rotatable bonds is 6.